The summed E-state index contributed by atoms with van der Waals surface area (Å²) in [5, 5.41) is 12.0. The molecule has 1 amide bonds. The molecular weight excluding hydrogens is 294 g/mol. The Balaban J connectivity index is 1.87. The highest BCUT2D eigenvalue weighted by atomic mass is 32.1. The number of nitrogens with zero attached hydrogens (tertiary/aromatic N) is 2. The fourth-order valence-corrected chi connectivity index (χ4v) is 2.37. The second-order valence-corrected chi connectivity index (χ2v) is 5.17. The maximum absolute atomic E-state index is 11.6. The van der Waals surface area contributed by atoms with Crippen LogP contribution in [0.3, 0.4) is 0 Å². The van der Waals surface area contributed by atoms with Crippen LogP contribution >= 0.6 is 11.3 Å². The van der Waals surface area contributed by atoms with Gasteiger partial charge in [-0.1, -0.05) is 5.10 Å². The lowest BCUT2D eigenvalue weighted by Crippen LogP contribution is -2.14. The van der Waals surface area contributed by atoms with Gasteiger partial charge in [0.25, 0.3) is 5.89 Å². The number of esters is 1. The molecule has 0 aliphatic carbocycles. The van der Waals surface area contributed by atoms with Crippen LogP contribution < -0.4 is 5.32 Å². The molecule has 0 fully saturated rings. The van der Waals surface area contributed by atoms with Crippen LogP contribution in [0.2, 0.25) is 0 Å². The van der Waals surface area contributed by atoms with Crippen molar-refractivity contribution in [2.75, 3.05) is 11.9 Å². The number of ether oxygens (including phenoxy) is 1. The van der Waals surface area contributed by atoms with Gasteiger partial charge in [-0.15, -0.1) is 16.4 Å². The molecule has 0 saturated carbocycles. The molecule has 21 heavy (non-hydrogen) atoms. The SMILES string of the molecule is CCOC(=O)CCC(=O)Nc1nnc(-c2cc(C)cs2)o1. The normalized spacial score (nSPS) is 10.4. The van der Waals surface area contributed by atoms with Crippen molar-refractivity contribution in [1.82, 2.24) is 10.2 Å². The van der Waals surface area contributed by atoms with E-state index >= 15 is 0 Å². The van der Waals surface area contributed by atoms with Crippen molar-refractivity contribution < 1.29 is 18.7 Å². The monoisotopic (exact) mass is 309 g/mol. The van der Waals surface area contributed by atoms with Crippen LogP contribution in [0, 0.1) is 6.92 Å². The summed E-state index contributed by atoms with van der Waals surface area (Å²) in [4.78, 5) is 23.6. The lowest BCUT2D eigenvalue weighted by Gasteiger charge is -2.01. The molecule has 0 saturated heterocycles. The van der Waals surface area contributed by atoms with E-state index in [1.165, 1.54) is 11.3 Å². The van der Waals surface area contributed by atoms with Crippen LogP contribution in [-0.2, 0) is 14.3 Å². The van der Waals surface area contributed by atoms with E-state index in [0.29, 0.717) is 12.5 Å². The molecule has 0 aliphatic heterocycles. The summed E-state index contributed by atoms with van der Waals surface area (Å²) in [6.07, 6.45) is 0.0272. The van der Waals surface area contributed by atoms with Crippen LogP contribution in [0.4, 0.5) is 6.01 Å². The molecule has 0 radical (unpaired) electrons. The third kappa shape index (κ3) is 4.38. The molecule has 2 heterocycles. The molecule has 0 unspecified atom stereocenters. The average molecular weight is 309 g/mol. The second-order valence-electron chi connectivity index (χ2n) is 4.25. The molecule has 2 aromatic heterocycles. The molecule has 0 aromatic carbocycles. The minimum atomic E-state index is -0.409. The van der Waals surface area contributed by atoms with Crippen LogP contribution in [0.15, 0.2) is 15.9 Å². The average Bonchev–Trinajstić information content (AvgIpc) is 3.06. The predicted molar refractivity (Wildman–Crippen MR) is 76.8 cm³/mol. The van der Waals surface area contributed by atoms with Crippen LogP contribution in [-0.4, -0.2) is 28.7 Å². The number of anilines is 1. The van der Waals surface area contributed by atoms with E-state index < -0.39 is 5.97 Å². The van der Waals surface area contributed by atoms with Crippen molar-refractivity contribution in [1.29, 1.82) is 0 Å². The molecule has 1 N–H and O–H groups in total. The summed E-state index contributed by atoms with van der Waals surface area (Å²) in [6, 6.07) is 1.94. The number of hydrogen-bond donors (Lipinski definition) is 1. The smallest absolute Gasteiger partial charge is 0.322 e. The Hall–Kier alpha value is -2.22. The number of carbonyl (C=O) groups is 2. The molecular formula is C13H15N3O4S. The van der Waals surface area contributed by atoms with Gasteiger partial charge in [-0.2, -0.15) is 0 Å². The predicted octanol–water partition coefficient (Wildman–Crippen LogP) is 2.39. The number of aromatic nitrogens is 2. The number of thiophene rings is 1. The largest absolute Gasteiger partial charge is 0.466 e. The van der Waals surface area contributed by atoms with Gasteiger partial charge in [0.05, 0.1) is 17.9 Å². The first-order chi connectivity index (χ1) is 10.1. The molecule has 0 spiro atoms. The summed E-state index contributed by atoms with van der Waals surface area (Å²) >= 11 is 1.48. The van der Waals surface area contributed by atoms with Gasteiger partial charge in [-0.3, -0.25) is 14.9 Å². The number of carbonyl (C=O) groups excluding carboxylic acids is 2. The first-order valence-corrected chi connectivity index (χ1v) is 7.31. The maximum atomic E-state index is 11.6. The Kier molecular flexibility index (Phi) is 5.04. The van der Waals surface area contributed by atoms with E-state index in [2.05, 4.69) is 15.5 Å². The number of nitrogens with one attached hydrogen (secondary N) is 1. The van der Waals surface area contributed by atoms with E-state index in [1.807, 2.05) is 18.4 Å². The zero-order valence-electron chi connectivity index (χ0n) is 11.7. The van der Waals surface area contributed by atoms with Crippen LogP contribution in [0.5, 0.6) is 0 Å². The molecule has 2 aromatic rings. The Morgan fingerprint density at radius 2 is 2.19 bits per heavy atom. The Bertz CT molecular complexity index is 635. The fraction of sp³-hybridized carbons (Fsp3) is 0.385. The van der Waals surface area contributed by atoms with Gasteiger partial charge in [0.15, 0.2) is 0 Å². The zero-order valence-corrected chi connectivity index (χ0v) is 12.5. The molecule has 8 heteroatoms. The van der Waals surface area contributed by atoms with E-state index in [1.54, 1.807) is 6.92 Å². The lowest BCUT2D eigenvalue weighted by atomic mass is 10.3. The first kappa shape index (κ1) is 15.2. The van der Waals surface area contributed by atoms with E-state index in [9.17, 15) is 9.59 Å². The summed E-state index contributed by atoms with van der Waals surface area (Å²) in [5.74, 6) is -0.428. The van der Waals surface area contributed by atoms with Crippen molar-refractivity contribution in [2.24, 2.45) is 0 Å². The topological polar surface area (TPSA) is 94.3 Å². The Morgan fingerprint density at radius 3 is 2.86 bits per heavy atom. The first-order valence-electron chi connectivity index (χ1n) is 6.43. The Morgan fingerprint density at radius 1 is 1.38 bits per heavy atom. The van der Waals surface area contributed by atoms with Crippen molar-refractivity contribution in [3.63, 3.8) is 0 Å². The zero-order chi connectivity index (χ0) is 15.2. The molecule has 0 bridgehead atoms. The van der Waals surface area contributed by atoms with E-state index in [0.717, 1.165) is 10.4 Å². The van der Waals surface area contributed by atoms with Gasteiger partial charge in [0.1, 0.15) is 0 Å². The molecule has 112 valence electrons. The number of hydrogen-bond acceptors (Lipinski definition) is 7. The van der Waals surface area contributed by atoms with Gasteiger partial charge in [-0.05, 0) is 30.9 Å². The standard InChI is InChI=1S/C13H15N3O4S/c1-3-19-11(18)5-4-10(17)14-13-16-15-12(20-13)9-6-8(2)7-21-9/h6-7H,3-5H2,1-2H3,(H,14,16,17). The number of amides is 1. The van der Waals surface area contributed by atoms with Gasteiger partial charge in [0.2, 0.25) is 5.91 Å². The highest BCUT2D eigenvalue weighted by Crippen LogP contribution is 2.26. The highest BCUT2D eigenvalue weighted by molar-refractivity contribution is 7.13. The number of rotatable bonds is 6. The van der Waals surface area contributed by atoms with E-state index in [-0.39, 0.29) is 24.8 Å². The van der Waals surface area contributed by atoms with E-state index in [4.69, 9.17) is 9.15 Å². The number of aryl methyl sites for hydroxylation is 1. The van der Waals surface area contributed by atoms with Crippen LogP contribution in [0.25, 0.3) is 10.8 Å². The third-order valence-electron chi connectivity index (χ3n) is 2.47. The minimum absolute atomic E-state index is 0.00859. The molecule has 7 nitrogen and oxygen atoms in total. The molecule has 0 atom stereocenters. The van der Waals surface area contributed by atoms with Gasteiger partial charge in [0, 0.05) is 6.42 Å². The minimum Gasteiger partial charge on any atom is -0.466 e. The second kappa shape index (κ2) is 6.98. The van der Waals surface area contributed by atoms with Gasteiger partial charge >= 0.3 is 12.0 Å². The lowest BCUT2D eigenvalue weighted by molar-refractivity contribution is -0.144. The summed E-state index contributed by atoms with van der Waals surface area (Å²) < 4.78 is 10.1. The maximum Gasteiger partial charge on any atom is 0.322 e. The van der Waals surface area contributed by atoms with Crippen molar-refractivity contribution in [3.05, 3.63) is 17.0 Å². The Labute approximate surface area is 125 Å². The van der Waals surface area contributed by atoms with Crippen molar-refractivity contribution in [3.8, 4) is 10.8 Å². The summed E-state index contributed by atoms with van der Waals surface area (Å²) in [7, 11) is 0. The van der Waals surface area contributed by atoms with Crippen molar-refractivity contribution in [2.45, 2.75) is 26.7 Å². The quantitative estimate of drug-likeness (QED) is 0.823. The fourth-order valence-electron chi connectivity index (χ4n) is 1.55. The molecule has 2 rings (SSSR count). The third-order valence-corrected chi connectivity index (χ3v) is 3.51. The van der Waals surface area contributed by atoms with Gasteiger partial charge in [-0.25, -0.2) is 0 Å². The van der Waals surface area contributed by atoms with Crippen molar-refractivity contribution >= 4 is 29.2 Å². The highest BCUT2D eigenvalue weighted by Gasteiger charge is 2.13. The van der Waals surface area contributed by atoms with Gasteiger partial charge < -0.3 is 9.15 Å². The summed E-state index contributed by atoms with van der Waals surface area (Å²) in [5.41, 5.74) is 1.10. The summed E-state index contributed by atoms with van der Waals surface area (Å²) in [6.45, 7) is 3.98. The van der Waals surface area contributed by atoms with Crippen LogP contribution in [0.1, 0.15) is 25.3 Å². The molecule has 0 aliphatic rings.